The molecular weight excluding hydrogens is 252 g/mol. The predicted molar refractivity (Wildman–Crippen MR) is 71.8 cm³/mol. The van der Waals surface area contributed by atoms with E-state index in [0.717, 1.165) is 25.9 Å². The lowest BCUT2D eigenvalue weighted by atomic mass is 10.3. The molecule has 1 amide bonds. The Morgan fingerprint density at radius 2 is 2.11 bits per heavy atom. The molecule has 1 aliphatic rings. The highest BCUT2D eigenvalue weighted by Gasteiger charge is 2.24. The molecule has 2 N–H and O–H groups in total. The Morgan fingerprint density at radius 3 is 2.72 bits per heavy atom. The van der Waals surface area contributed by atoms with Crippen molar-refractivity contribution in [3.8, 4) is 5.75 Å². The van der Waals surface area contributed by atoms with E-state index < -0.39 is 6.10 Å². The number of amides is 1. The van der Waals surface area contributed by atoms with E-state index in [-0.39, 0.29) is 5.91 Å². The Kier molecular flexibility index (Phi) is 3.97. The van der Waals surface area contributed by atoms with Gasteiger partial charge in [0.15, 0.2) is 6.10 Å². The van der Waals surface area contributed by atoms with Gasteiger partial charge in [0.25, 0.3) is 5.91 Å². The number of likely N-dealkylation sites (tertiary alicyclic amines) is 1. The molecule has 1 aromatic rings. The second kappa shape index (κ2) is 5.48. The molecule has 98 valence electrons. The van der Waals surface area contributed by atoms with E-state index in [4.69, 9.17) is 22.1 Å². The standard InChI is InChI=1S/C13H17ClN2O2/c1-9(13(17)16-6-2-3-7-16)18-12-5-4-10(15)8-11(12)14/h4-5,8-9H,2-3,6-7,15H2,1H3. The number of ether oxygens (including phenoxy) is 1. The third-order valence-corrected chi connectivity index (χ3v) is 3.32. The Bertz CT molecular complexity index is 445. The molecule has 0 aromatic heterocycles. The average Bonchev–Trinajstić information content (AvgIpc) is 2.85. The van der Waals surface area contributed by atoms with Gasteiger partial charge in [0.1, 0.15) is 5.75 Å². The fraction of sp³-hybridized carbons (Fsp3) is 0.462. The maximum absolute atomic E-state index is 12.1. The van der Waals surface area contributed by atoms with Crippen LogP contribution in [0.4, 0.5) is 5.69 Å². The smallest absolute Gasteiger partial charge is 0.263 e. The number of nitrogens with zero attached hydrogens (tertiary/aromatic N) is 1. The van der Waals surface area contributed by atoms with Crippen LogP contribution in [0.3, 0.4) is 0 Å². The Labute approximate surface area is 112 Å². The zero-order valence-corrected chi connectivity index (χ0v) is 11.1. The number of hydrogen-bond acceptors (Lipinski definition) is 3. The van der Waals surface area contributed by atoms with Crippen molar-refractivity contribution in [1.82, 2.24) is 4.90 Å². The van der Waals surface area contributed by atoms with E-state index in [2.05, 4.69) is 0 Å². The first-order valence-corrected chi connectivity index (χ1v) is 6.46. The lowest BCUT2D eigenvalue weighted by molar-refractivity contribution is -0.136. The predicted octanol–water partition coefficient (Wildman–Crippen LogP) is 2.31. The van der Waals surface area contributed by atoms with Crippen molar-refractivity contribution in [2.45, 2.75) is 25.9 Å². The number of nitrogens with two attached hydrogens (primary N) is 1. The van der Waals surface area contributed by atoms with Gasteiger partial charge < -0.3 is 15.4 Å². The minimum Gasteiger partial charge on any atom is -0.479 e. The van der Waals surface area contributed by atoms with E-state index in [0.29, 0.717) is 16.5 Å². The summed E-state index contributed by atoms with van der Waals surface area (Å²) in [6.07, 6.45) is 1.62. The summed E-state index contributed by atoms with van der Waals surface area (Å²) >= 11 is 6.01. The first kappa shape index (κ1) is 13.0. The van der Waals surface area contributed by atoms with Crippen LogP contribution in [0.15, 0.2) is 18.2 Å². The summed E-state index contributed by atoms with van der Waals surface area (Å²) in [5, 5.41) is 0.427. The van der Waals surface area contributed by atoms with Gasteiger partial charge in [-0.25, -0.2) is 0 Å². The monoisotopic (exact) mass is 268 g/mol. The Balaban J connectivity index is 2.01. The summed E-state index contributed by atoms with van der Waals surface area (Å²) in [4.78, 5) is 13.9. The minimum atomic E-state index is -0.524. The topological polar surface area (TPSA) is 55.6 Å². The molecule has 1 aromatic carbocycles. The molecule has 1 unspecified atom stereocenters. The van der Waals surface area contributed by atoms with Crippen LogP contribution < -0.4 is 10.5 Å². The van der Waals surface area contributed by atoms with Crippen LogP contribution in [0.1, 0.15) is 19.8 Å². The second-order valence-electron chi connectivity index (χ2n) is 4.48. The molecule has 0 radical (unpaired) electrons. The van der Waals surface area contributed by atoms with Crippen molar-refractivity contribution in [2.24, 2.45) is 0 Å². The molecule has 0 saturated carbocycles. The molecule has 0 bridgehead atoms. The largest absolute Gasteiger partial charge is 0.479 e. The molecule has 1 atom stereocenters. The number of carbonyl (C=O) groups is 1. The van der Waals surface area contributed by atoms with Crippen molar-refractivity contribution in [3.05, 3.63) is 23.2 Å². The maximum Gasteiger partial charge on any atom is 0.263 e. The van der Waals surface area contributed by atoms with Crippen molar-refractivity contribution in [1.29, 1.82) is 0 Å². The third kappa shape index (κ3) is 2.88. The van der Waals surface area contributed by atoms with E-state index in [1.165, 1.54) is 0 Å². The fourth-order valence-corrected chi connectivity index (χ4v) is 2.28. The molecule has 1 fully saturated rings. The molecule has 0 aliphatic carbocycles. The number of rotatable bonds is 3. The van der Waals surface area contributed by atoms with Crippen LogP contribution in [0.5, 0.6) is 5.75 Å². The average molecular weight is 269 g/mol. The second-order valence-corrected chi connectivity index (χ2v) is 4.89. The van der Waals surface area contributed by atoms with Gasteiger partial charge in [0.05, 0.1) is 5.02 Å². The van der Waals surface area contributed by atoms with E-state index >= 15 is 0 Å². The van der Waals surface area contributed by atoms with Crippen LogP contribution in [0.2, 0.25) is 5.02 Å². The number of carbonyl (C=O) groups excluding carboxylic acids is 1. The van der Waals surface area contributed by atoms with Crippen molar-refractivity contribution in [2.75, 3.05) is 18.8 Å². The highest BCUT2D eigenvalue weighted by molar-refractivity contribution is 6.32. The zero-order chi connectivity index (χ0) is 13.1. The summed E-state index contributed by atoms with van der Waals surface area (Å²) in [7, 11) is 0. The van der Waals surface area contributed by atoms with Gasteiger partial charge in [0.2, 0.25) is 0 Å². The number of halogens is 1. The first-order chi connectivity index (χ1) is 8.58. The SMILES string of the molecule is CC(Oc1ccc(N)cc1Cl)C(=O)N1CCCC1. The Morgan fingerprint density at radius 1 is 1.44 bits per heavy atom. The van der Waals surface area contributed by atoms with Crippen LogP contribution in [0, 0.1) is 0 Å². The highest BCUT2D eigenvalue weighted by atomic mass is 35.5. The van der Waals surface area contributed by atoms with E-state index in [1.807, 2.05) is 4.90 Å². The fourth-order valence-electron chi connectivity index (χ4n) is 2.05. The lowest BCUT2D eigenvalue weighted by Gasteiger charge is -2.21. The molecule has 5 heteroatoms. The Hall–Kier alpha value is -1.42. The van der Waals surface area contributed by atoms with Crippen molar-refractivity contribution in [3.63, 3.8) is 0 Å². The molecule has 1 aliphatic heterocycles. The zero-order valence-electron chi connectivity index (χ0n) is 10.4. The van der Waals surface area contributed by atoms with Crippen LogP contribution in [-0.2, 0) is 4.79 Å². The van der Waals surface area contributed by atoms with Crippen LogP contribution >= 0.6 is 11.6 Å². The van der Waals surface area contributed by atoms with Crippen molar-refractivity contribution >= 4 is 23.2 Å². The number of anilines is 1. The van der Waals surface area contributed by atoms with Gasteiger partial charge in [-0.1, -0.05) is 11.6 Å². The summed E-state index contributed by atoms with van der Waals surface area (Å²) in [6, 6.07) is 5.00. The van der Waals surface area contributed by atoms with Crippen LogP contribution in [-0.4, -0.2) is 30.0 Å². The molecule has 0 spiro atoms. The van der Waals surface area contributed by atoms with Gasteiger partial charge >= 0.3 is 0 Å². The summed E-state index contributed by atoms with van der Waals surface area (Å²) in [5.41, 5.74) is 6.18. The maximum atomic E-state index is 12.1. The highest BCUT2D eigenvalue weighted by Crippen LogP contribution is 2.27. The summed E-state index contributed by atoms with van der Waals surface area (Å²) in [6.45, 7) is 3.39. The van der Waals surface area contributed by atoms with Gasteiger partial charge in [-0.3, -0.25) is 4.79 Å². The quantitative estimate of drug-likeness (QED) is 0.856. The van der Waals surface area contributed by atoms with Crippen LogP contribution in [0.25, 0.3) is 0 Å². The third-order valence-electron chi connectivity index (χ3n) is 3.03. The first-order valence-electron chi connectivity index (χ1n) is 6.08. The number of nitrogen functional groups attached to an aromatic ring is 1. The summed E-state index contributed by atoms with van der Waals surface area (Å²) < 4.78 is 5.60. The van der Waals surface area contributed by atoms with E-state index in [1.54, 1.807) is 25.1 Å². The normalized spacial score (nSPS) is 16.7. The summed E-state index contributed by atoms with van der Waals surface area (Å²) in [5.74, 6) is 0.506. The minimum absolute atomic E-state index is 0.0143. The van der Waals surface area contributed by atoms with Gasteiger partial charge in [-0.2, -0.15) is 0 Å². The van der Waals surface area contributed by atoms with Gasteiger partial charge in [-0.05, 0) is 38.0 Å². The molecule has 18 heavy (non-hydrogen) atoms. The lowest BCUT2D eigenvalue weighted by Crippen LogP contribution is -2.38. The number of benzene rings is 1. The van der Waals surface area contributed by atoms with E-state index in [9.17, 15) is 4.79 Å². The molecule has 1 saturated heterocycles. The molecule has 2 rings (SSSR count). The molecular formula is C13H17ClN2O2. The number of hydrogen-bond donors (Lipinski definition) is 1. The molecule has 4 nitrogen and oxygen atoms in total. The van der Waals surface area contributed by atoms with Gasteiger partial charge in [-0.15, -0.1) is 0 Å². The van der Waals surface area contributed by atoms with Crippen molar-refractivity contribution < 1.29 is 9.53 Å². The molecule has 1 heterocycles. The van der Waals surface area contributed by atoms with Gasteiger partial charge in [0, 0.05) is 18.8 Å².